The molecular weight excluding hydrogens is 202 g/mol. The lowest BCUT2D eigenvalue weighted by atomic mass is 9.96. The van der Waals surface area contributed by atoms with E-state index in [-0.39, 0.29) is 5.97 Å². The first-order valence-electron chi connectivity index (χ1n) is 6.57. The quantitative estimate of drug-likeness (QED) is 0.676. The number of carbonyl (C=O) groups is 1. The Kier molecular flexibility index (Phi) is 5.81. The first kappa shape index (κ1) is 13.5. The van der Waals surface area contributed by atoms with Gasteiger partial charge in [-0.25, -0.2) is 0 Å². The van der Waals surface area contributed by atoms with Gasteiger partial charge in [0.1, 0.15) is 0 Å². The Labute approximate surface area is 99.1 Å². The van der Waals surface area contributed by atoms with Gasteiger partial charge in [-0.15, -0.1) is 0 Å². The summed E-state index contributed by atoms with van der Waals surface area (Å²) in [6.07, 6.45) is 4.12. The van der Waals surface area contributed by atoms with Gasteiger partial charge < -0.3 is 4.74 Å². The van der Waals surface area contributed by atoms with E-state index in [1.807, 2.05) is 6.92 Å². The zero-order valence-corrected chi connectivity index (χ0v) is 10.9. The molecule has 1 rings (SSSR count). The van der Waals surface area contributed by atoms with Crippen LogP contribution in [0.1, 0.15) is 46.5 Å². The topological polar surface area (TPSA) is 29.5 Å². The maximum absolute atomic E-state index is 11.5. The molecule has 1 saturated heterocycles. The highest BCUT2D eigenvalue weighted by atomic mass is 16.5. The molecule has 0 radical (unpaired) electrons. The van der Waals surface area contributed by atoms with Crippen molar-refractivity contribution in [3.63, 3.8) is 0 Å². The molecule has 1 aliphatic rings. The van der Waals surface area contributed by atoms with E-state index in [1.54, 1.807) is 0 Å². The van der Waals surface area contributed by atoms with E-state index < -0.39 is 0 Å². The Bertz CT molecular complexity index is 210. The fraction of sp³-hybridized carbons (Fsp3) is 0.923. The molecule has 0 N–H and O–H groups in total. The van der Waals surface area contributed by atoms with E-state index in [9.17, 15) is 4.79 Å². The summed E-state index contributed by atoms with van der Waals surface area (Å²) in [6, 6.07) is 0.381. The van der Waals surface area contributed by atoms with Gasteiger partial charge in [-0.3, -0.25) is 9.69 Å². The van der Waals surface area contributed by atoms with Crippen LogP contribution < -0.4 is 0 Å². The van der Waals surface area contributed by atoms with Gasteiger partial charge in [0, 0.05) is 6.04 Å². The Balaban J connectivity index is 2.38. The van der Waals surface area contributed by atoms with Gasteiger partial charge in [-0.2, -0.15) is 0 Å². The van der Waals surface area contributed by atoms with Crippen molar-refractivity contribution in [3.05, 3.63) is 0 Å². The van der Waals surface area contributed by atoms with Crippen LogP contribution >= 0.6 is 0 Å². The van der Waals surface area contributed by atoms with Crippen LogP contribution in [0.15, 0.2) is 0 Å². The SMILES string of the molecule is CCOC(=O)C[C@@H](CC)N1CCC(C)CC1. The zero-order chi connectivity index (χ0) is 12.0. The molecule has 0 saturated carbocycles. The summed E-state index contributed by atoms with van der Waals surface area (Å²) in [7, 11) is 0. The van der Waals surface area contributed by atoms with Crippen molar-refractivity contribution in [2.75, 3.05) is 19.7 Å². The highest BCUT2D eigenvalue weighted by Crippen LogP contribution is 2.20. The summed E-state index contributed by atoms with van der Waals surface area (Å²) in [5, 5.41) is 0. The van der Waals surface area contributed by atoms with Crippen molar-refractivity contribution < 1.29 is 9.53 Å². The normalized spacial score (nSPS) is 20.7. The first-order chi connectivity index (χ1) is 7.67. The van der Waals surface area contributed by atoms with Crippen LogP contribution in [0.4, 0.5) is 0 Å². The van der Waals surface area contributed by atoms with Crippen molar-refractivity contribution >= 4 is 5.97 Å². The highest BCUT2D eigenvalue weighted by molar-refractivity contribution is 5.70. The number of esters is 1. The summed E-state index contributed by atoms with van der Waals surface area (Å²) in [6.45, 7) is 9.09. The van der Waals surface area contributed by atoms with Crippen LogP contribution in [0.25, 0.3) is 0 Å². The fourth-order valence-corrected chi connectivity index (χ4v) is 2.34. The Morgan fingerprint density at radius 2 is 2.00 bits per heavy atom. The van der Waals surface area contributed by atoms with Gasteiger partial charge in [-0.05, 0) is 45.2 Å². The van der Waals surface area contributed by atoms with Crippen molar-refractivity contribution in [3.8, 4) is 0 Å². The minimum absolute atomic E-state index is 0.0482. The lowest BCUT2D eigenvalue weighted by molar-refractivity contribution is -0.144. The second-order valence-electron chi connectivity index (χ2n) is 4.79. The molecule has 0 aromatic rings. The molecule has 0 spiro atoms. The van der Waals surface area contributed by atoms with E-state index in [4.69, 9.17) is 4.74 Å². The van der Waals surface area contributed by atoms with Crippen LogP contribution in [-0.2, 0) is 9.53 Å². The minimum Gasteiger partial charge on any atom is -0.466 e. The molecule has 0 aliphatic carbocycles. The lowest BCUT2D eigenvalue weighted by Crippen LogP contribution is -2.42. The molecule has 0 aromatic heterocycles. The smallest absolute Gasteiger partial charge is 0.307 e. The summed E-state index contributed by atoms with van der Waals surface area (Å²) >= 11 is 0. The van der Waals surface area contributed by atoms with Crippen molar-refractivity contribution in [1.82, 2.24) is 4.90 Å². The first-order valence-corrected chi connectivity index (χ1v) is 6.57. The van der Waals surface area contributed by atoms with Crippen LogP contribution in [-0.4, -0.2) is 36.6 Å². The highest BCUT2D eigenvalue weighted by Gasteiger charge is 2.24. The molecule has 1 heterocycles. The molecule has 1 atom stereocenters. The molecule has 3 heteroatoms. The second-order valence-corrected chi connectivity index (χ2v) is 4.79. The number of rotatable bonds is 5. The van der Waals surface area contributed by atoms with Crippen LogP contribution in [0, 0.1) is 5.92 Å². The number of hydrogen-bond donors (Lipinski definition) is 0. The standard InChI is InChI=1S/C13H25NO2/c1-4-12(10-13(15)16-5-2)14-8-6-11(3)7-9-14/h11-12H,4-10H2,1-3H3/t12-/m1/s1. The third-order valence-electron chi connectivity index (χ3n) is 3.51. The molecule has 3 nitrogen and oxygen atoms in total. The average Bonchev–Trinajstić information content (AvgIpc) is 2.27. The molecule has 0 unspecified atom stereocenters. The average molecular weight is 227 g/mol. The monoisotopic (exact) mass is 227 g/mol. The maximum atomic E-state index is 11.5. The van der Waals surface area contributed by atoms with Gasteiger partial charge in [0.25, 0.3) is 0 Å². The zero-order valence-electron chi connectivity index (χ0n) is 10.9. The summed E-state index contributed by atoms with van der Waals surface area (Å²) in [5.74, 6) is 0.796. The molecule has 16 heavy (non-hydrogen) atoms. The second kappa shape index (κ2) is 6.89. The van der Waals surface area contributed by atoms with Crippen molar-refractivity contribution in [1.29, 1.82) is 0 Å². The van der Waals surface area contributed by atoms with Crippen LogP contribution in [0.5, 0.6) is 0 Å². The Morgan fingerprint density at radius 3 is 2.50 bits per heavy atom. The van der Waals surface area contributed by atoms with E-state index in [2.05, 4.69) is 18.7 Å². The molecular formula is C13H25NO2. The predicted octanol–water partition coefficient (Wildman–Crippen LogP) is 2.45. The van der Waals surface area contributed by atoms with E-state index in [0.29, 0.717) is 19.1 Å². The predicted molar refractivity (Wildman–Crippen MR) is 65.3 cm³/mol. The van der Waals surface area contributed by atoms with Crippen LogP contribution in [0.2, 0.25) is 0 Å². The summed E-state index contributed by atoms with van der Waals surface area (Å²) < 4.78 is 5.02. The molecule has 0 bridgehead atoms. The van der Waals surface area contributed by atoms with Crippen LogP contribution in [0.3, 0.4) is 0 Å². The number of hydrogen-bond acceptors (Lipinski definition) is 3. The largest absolute Gasteiger partial charge is 0.466 e. The Morgan fingerprint density at radius 1 is 1.38 bits per heavy atom. The maximum Gasteiger partial charge on any atom is 0.307 e. The fourth-order valence-electron chi connectivity index (χ4n) is 2.34. The third-order valence-corrected chi connectivity index (χ3v) is 3.51. The van der Waals surface area contributed by atoms with Gasteiger partial charge in [0.15, 0.2) is 0 Å². The summed E-state index contributed by atoms with van der Waals surface area (Å²) in [5.41, 5.74) is 0. The lowest BCUT2D eigenvalue weighted by Gasteiger charge is -2.35. The van der Waals surface area contributed by atoms with Crippen molar-refractivity contribution in [2.45, 2.75) is 52.5 Å². The summed E-state index contributed by atoms with van der Waals surface area (Å²) in [4.78, 5) is 13.9. The van der Waals surface area contributed by atoms with Crippen molar-refractivity contribution in [2.24, 2.45) is 5.92 Å². The molecule has 0 aromatic carbocycles. The van der Waals surface area contributed by atoms with E-state index in [0.717, 1.165) is 25.4 Å². The third kappa shape index (κ3) is 4.12. The molecule has 1 fully saturated rings. The minimum atomic E-state index is -0.0482. The van der Waals surface area contributed by atoms with Gasteiger partial charge in [0.05, 0.1) is 13.0 Å². The van der Waals surface area contributed by atoms with Gasteiger partial charge in [0.2, 0.25) is 0 Å². The van der Waals surface area contributed by atoms with Gasteiger partial charge in [-0.1, -0.05) is 13.8 Å². The van der Waals surface area contributed by atoms with E-state index in [1.165, 1.54) is 12.8 Å². The Hall–Kier alpha value is -0.570. The number of ether oxygens (including phenoxy) is 1. The van der Waals surface area contributed by atoms with Gasteiger partial charge >= 0.3 is 5.97 Å². The number of nitrogens with zero attached hydrogens (tertiary/aromatic N) is 1. The molecule has 94 valence electrons. The number of piperidine rings is 1. The number of carbonyl (C=O) groups excluding carboxylic acids is 1. The number of likely N-dealkylation sites (tertiary alicyclic amines) is 1. The molecule has 1 aliphatic heterocycles. The van der Waals surface area contributed by atoms with E-state index >= 15 is 0 Å². The molecule has 0 amide bonds.